The van der Waals surface area contributed by atoms with Crippen LogP contribution in [0.1, 0.15) is 19.4 Å². The number of rotatable bonds is 5. The lowest BCUT2D eigenvalue weighted by atomic mass is 10.1. The zero-order valence-electron chi connectivity index (χ0n) is 13.9. The molecule has 3 rings (SSSR count). The van der Waals surface area contributed by atoms with Crippen molar-refractivity contribution in [1.29, 1.82) is 0 Å². The maximum absolute atomic E-state index is 13.1. The molecule has 2 aromatic rings. The van der Waals surface area contributed by atoms with Crippen LogP contribution in [0.5, 0.6) is 5.75 Å². The first-order valence-corrected chi connectivity index (χ1v) is 9.36. The molecule has 25 heavy (non-hydrogen) atoms. The first kappa shape index (κ1) is 17.3. The number of benzene rings is 2. The van der Waals surface area contributed by atoms with Crippen LogP contribution in [-0.4, -0.2) is 31.6 Å². The van der Waals surface area contributed by atoms with Gasteiger partial charge in [-0.2, -0.15) is 0 Å². The van der Waals surface area contributed by atoms with Crippen molar-refractivity contribution < 1.29 is 23.1 Å². The molecule has 0 aromatic heterocycles. The summed E-state index contributed by atoms with van der Waals surface area (Å²) in [5.74, 6) is -0.606. The quantitative estimate of drug-likeness (QED) is 0.885. The van der Waals surface area contributed by atoms with Crippen LogP contribution in [-0.2, 0) is 21.2 Å². The Labute approximate surface area is 146 Å². The molecule has 1 N–H and O–H groups in total. The van der Waals surface area contributed by atoms with Gasteiger partial charge < -0.3 is 9.84 Å². The second-order valence-corrected chi connectivity index (χ2v) is 7.94. The summed E-state index contributed by atoms with van der Waals surface area (Å²) in [6.45, 7) is 3.76. The normalized spacial score (nSPS) is 16.8. The third-order valence-electron chi connectivity index (χ3n) is 3.96. The van der Waals surface area contributed by atoms with Crippen LogP contribution in [0.25, 0.3) is 0 Å². The number of hydrogen-bond donors (Lipinski definition) is 1. The molecule has 0 aliphatic carbocycles. The summed E-state index contributed by atoms with van der Waals surface area (Å²) < 4.78 is 32.7. The van der Waals surface area contributed by atoms with Crippen LogP contribution in [0.4, 0.5) is 5.69 Å². The monoisotopic (exact) mass is 361 g/mol. The Morgan fingerprint density at radius 3 is 2.40 bits per heavy atom. The van der Waals surface area contributed by atoms with Gasteiger partial charge in [0.05, 0.1) is 16.7 Å². The van der Waals surface area contributed by atoms with Crippen LogP contribution < -0.4 is 9.04 Å². The minimum Gasteiger partial charge on any atom is -0.491 e. The van der Waals surface area contributed by atoms with Gasteiger partial charge in [-0.1, -0.05) is 18.2 Å². The molecule has 2 aromatic carbocycles. The third kappa shape index (κ3) is 3.19. The fourth-order valence-corrected chi connectivity index (χ4v) is 4.56. The van der Waals surface area contributed by atoms with E-state index in [0.29, 0.717) is 17.0 Å². The molecule has 1 heterocycles. The number of ether oxygens (including phenoxy) is 1. The van der Waals surface area contributed by atoms with E-state index >= 15 is 0 Å². The number of nitrogens with zero attached hydrogens (tertiary/aromatic N) is 1. The summed E-state index contributed by atoms with van der Waals surface area (Å²) in [6, 6.07) is 11.7. The van der Waals surface area contributed by atoms with Crippen LogP contribution in [0, 0.1) is 0 Å². The molecule has 0 fully saturated rings. The average Bonchev–Trinajstić information content (AvgIpc) is 2.95. The fourth-order valence-electron chi connectivity index (χ4n) is 2.92. The van der Waals surface area contributed by atoms with E-state index < -0.39 is 22.0 Å². The molecule has 0 amide bonds. The molecule has 1 aliphatic rings. The first-order chi connectivity index (χ1) is 11.8. The van der Waals surface area contributed by atoms with Crippen molar-refractivity contribution in [3.05, 3.63) is 54.1 Å². The Hall–Kier alpha value is -2.54. The van der Waals surface area contributed by atoms with Gasteiger partial charge in [-0.25, -0.2) is 13.2 Å². The lowest BCUT2D eigenvalue weighted by Crippen LogP contribution is -2.42. The largest absolute Gasteiger partial charge is 0.491 e. The van der Waals surface area contributed by atoms with Gasteiger partial charge in [0.25, 0.3) is 10.0 Å². The van der Waals surface area contributed by atoms with E-state index in [9.17, 15) is 18.3 Å². The van der Waals surface area contributed by atoms with Crippen molar-refractivity contribution in [2.24, 2.45) is 0 Å². The van der Waals surface area contributed by atoms with Crippen molar-refractivity contribution in [2.75, 3.05) is 4.31 Å². The molecule has 0 saturated carbocycles. The van der Waals surface area contributed by atoms with Crippen molar-refractivity contribution in [3.63, 3.8) is 0 Å². The van der Waals surface area contributed by atoms with Gasteiger partial charge in [0.2, 0.25) is 0 Å². The predicted molar refractivity (Wildman–Crippen MR) is 93.4 cm³/mol. The maximum atomic E-state index is 13.1. The highest BCUT2D eigenvalue weighted by molar-refractivity contribution is 7.93. The van der Waals surface area contributed by atoms with Crippen molar-refractivity contribution in [2.45, 2.75) is 37.3 Å². The van der Waals surface area contributed by atoms with Gasteiger partial charge in [0.15, 0.2) is 0 Å². The number of carbonyl (C=O) groups is 1. The molecule has 7 heteroatoms. The lowest BCUT2D eigenvalue weighted by Gasteiger charge is -2.24. The highest BCUT2D eigenvalue weighted by Gasteiger charge is 2.42. The molecular weight excluding hydrogens is 342 g/mol. The van der Waals surface area contributed by atoms with E-state index in [4.69, 9.17) is 4.74 Å². The molecule has 0 saturated heterocycles. The van der Waals surface area contributed by atoms with E-state index in [2.05, 4.69) is 0 Å². The van der Waals surface area contributed by atoms with Gasteiger partial charge in [0, 0.05) is 6.42 Å². The fraction of sp³-hybridized carbons (Fsp3) is 0.278. The zero-order chi connectivity index (χ0) is 18.2. The van der Waals surface area contributed by atoms with E-state index in [1.165, 1.54) is 12.1 Å². The summed E-state index contributed by atoms with van der Waals surface area (Å²) in [5, 5.41) is 9.48. The maximum Gasteiger partial charge on any atom is 0.327 e. The molecule has 0 bridgehead atoms. The Balaban J connectivity index is 2.01. The van der Waals surface area contributed by atoms with E-state index in [-0.39, 0.29) is 17.4 Å². The third-order valence-corrected chi connectivity index (χ3v) is 5.80. The molecule has 0 radical (unpaired) electrons. The minimum atomic E-state index is -3.99. The number of anilines is 1. The van der Waals surface area contributed by atoms with Crippen molar-refractivity contribution in [3.8, 4) is 5.75 Å². The van der Waals surface area contributed by atoms with E-state index in [1.54, 1.807) is 36.4 Å². The Morgan fingerprint density at radius 1 is 1.16 bits per heavy atom. The van der Waals surface area contributed by atoms with Gasteiger partial charge in [-0.05, 0) is 49.7 Å². The molecule has 6 nitrogen and oxygen atoms in total. The predicted octanol–water partition coefficient (Wildman–Crippen LogP) is 2.68. The smallest absolute Gasteiger partial charge is 0.327 e. The standard InChI is InChI=1S/C18H19NO5S/c1-12(2)24-14-7-9-15(10-8-14)25(22,23)19-16-6-4-3-5-13(16)11-17(19)18(20)21/h3-10,12,17H,11H2,1-2H3,(H,20,21)/t17-/m0/s1. The number of sulfonamides is 1. The topological polar surface area (TPSA) is 83.9 Å². The van der Waals surface area contributed by atoms with Crippen LogP contribution in [0.3, 0.4) is 0 Å². The summed E-state index contributed by atoms with van der Waals surface area (Å²) in [4.78, 5) is 11.6. The van der Waals surface area contributed by atoms with Crippen molar-refractivity contribution in [1.82, 2.24) is 0 Å². The summed E-state index contributed by atoms with van der Waals surface area (Å²) >= 11 is 0. The number of carboxylic acid groups (broad SMARTS) is 1. The Morgan fingerprint density at radius 2 is 1.80 bits per heavy atom. The van der Waals surface area contributed by atoms with Crippen LogP contribution >= 0.6 is 0 Å². The molecule has 1 aliphatic heterocycles. The Bertz CT molecular complexity index is 890. The van der Waals surface area contributed by atoms with Crippen molar-refractivity contribution >= 4 is 21.7 Å². The number of hydrogen-bond acceptors (Lipinski definition) is 4. The van der Waals surface area contributed by atoms with Gasteiger partial charge >= 0.3 is 5.97 Å². The number of para-hydroxylation sites is 1. The second-order valence-electron chi connectivity index (χ2n) is 6.13. The summed E-state index contributed by atoms with van der Waals surface area (Å²) in [6.07, 6.45) is 0.128. The summed E-state index contributed by atoms with van der Waals surface area (Å²) in [7, 11) is -3.99. The number of carboxylic acids is 1. The molecule has 0 spiro atoms. The van der Waals surface area contributed by atoms with Gasteiger partial charge in [-0.15, -0.1) is 0 Å². The van der Waals surface area contributed by atoms with Crippen LogP contribution in [0.15, 0.2) is 53.4 Å². The number of aliphatic carboxylic acids is 1. The van der Waals surface area contributed by atoms with E-state index in [0.717, 1.165) is 4.31 Å². The molecule has 132 valence electrons. The highest BCUT2D eigenvalue weighted by atomic mass is 32.2. The second kappa shape index (κ2) is 6.40. The SMILES string of the molecule is CC(C)Oc1ccc(S(=O)(=O)N2c3ccccc3C[C@H]2C(=O)O)cc1. The molecule has 1 atom stereocenters. The summed E-state index contributed by atoms with van der Waals surface area (Å²) in [5.41, 5.74) is 1.12. The zero-order valence-corrected chi connectivity index (χ0v) is 14.7. The van der Waals surface area contributed by atoms with Crippen LogP contribution in [0.2, 0.25) is 0 Å². The molecular formula is C18H19NO5S. The highest BCUT2D eigenvalue weighted by Crippen LogP contribution is 2.37. The first-order valence-electron chi connectivity index (χ1n) is 7.92. The van der Waals surface area contributed by atoms with Gasteiger partial charge in [-0.3, -0.25) is 4.31 Å². The lowest BCUT2D eigenvalue weighted by molar-refractivity contribution is -0.138. The van der Waals surface area contributed by atoms with E-state index in [1.807, 2.05) is 13.8 Å². The number of fused-ring (bicyclic) bond motifs is 1. The minimum absolute atomic E-state index is 0.0238. The molecule has 0 unspecified atom stereocenters. The average molecular weight is 361 g/mol. The van der Waals surface area contributed by atoms with Gasteiger partial charge in [0.1, 0.15) is 11.8 Å². The Kier molecular flexibility index (Phi) is 4.43.